The molecule has 0 aliphatic carbocycles. The van der Waals surface area contributed by atoms with Gasteiger partial charge in [-0.2, -0.15) is 0 Å². The Balaban J connectivity index is 3.40. The lowest BCUT2D eigenvalue weighted by Crippen LogP contribution is -1.99. The highest BCUT2D eigenvalue weighted by molar-refractivity contribution is 7.56. The number of hydrogen-bond acceptors (Lipinski definition) is 4. The van der Waals surface area contributed by atoms with Crippen molar-refractivity contribution in [2.75, 3.05) is 0 Å². The van der Waals surface area contributed by atoms with Crippen LogP contribution in [0.2, 0.25) is 0 Å². The molecule has 56 valence electrons. The Bertz CT molecular complexity index is 154. The molecule has 0 bridgehead atoms. The Morgan fingerprint density at radius 1 is 1.60 bits per heavy atom. The minimum absolute atomic E-state index is 0.0442. The summed E-state index contributed by atoms with van der Waals surface area (Å²) in [6.45, 7) is 0. The van der Waals surface area contributed by atoms with Gasteiger partial charge in [0, 0.05) is 6.42 Å². The Kier molecular flexibility index (Phi) is 4.89. The minimum atomic E-state index is -2.93. The van der Waals surface area contributed by atoms with Gasteiger partial charge in [-0.1, -0.05) is 4.57 Å². The summed E-state index contributed by atoms with van der Waals surface area (Å²) in [5.74, 6) is 0. The van der Waals surface area contributed by atoms with E-state index in [0.29, 0.717) is 12.7 Å². The Morgan fingerprint density at radius 2 is 2.20 bits per heavy atom. The first-order valence-corrected chi connectivity index (χ1v) is 3.97. The largest absolute Gasteiger partial charge is 0.588 e. The summed E-state index contributed by atoms with van der Waals surface area (Å²) in [6.07, 6.45) is 1.18. The molecule has 4 nitrogen and oxygen atoms in total. The Morgan fingerprint density at radius 3 is 2.60 bits per heavy atom. The van der Waals surface area contributed by atoms with Crippen molar-refractivity contribution >= 4 is 19.8 Å². The van der Waals surface area contributed by atoms with Crippen molar-refractivity contribution in [1.29, 1.82) is 0 Å². The smallest absolute Gasteiger partial charge is 0.387 e. The van der Waals surface area contributed by atoms with Gasteiger partial charge in [-0.3, -0.25) is 0 Å². The second kappa shape index (κ2) is 5.21. The molecule has 0 spiro atoms. The van der Waals surface area contributed by atoms with E-state index < -0.39 is 13.6 Å². The third kappa shape index (κ3) is 4.30. The van der Waals surface area contributed by atoms with Crippen LogP contribution < -0.4 is 4.89 Å². The normalized spacial score (nSPS) is 10.7. The van der Waals surface area contributed by atoms with Crippen LogP contribution in [0.3, 0.4) is 0 Å². The van der Waals surface area contributed by atoms with Crippen LogP contribution in [0.5, 0.6) is 0 Å². The van der Waals surface area contributed by atoms with Crippen LogP contribution in [0.1, 0.15) is 19.3 Å². The monoisotopic (exact) mass is 162 g/mol. The molecule has 0 aliphatic rings. The van der Waals surface area contributed by atoms with Crippen LogP contribution >= 0.6 is 8.03 Å². The van der Waals surface area contributed by atoms with Crippen LogP contribution in [-0.2, 0) is 14.2 Å². The lowest BCUT2D eigenvalue weighted by atomic mass is 10.3. The van der Waals surface area contributed by atoms with E-state index in [1.165, 1.54) is 0 Å². The minimum Gasteiger partial charge on any atom is -0.588 e. The van der Waals surface area contributed by atoms with Crippen molar-refractivity contribution < 1.29 is 19.0 Å². The topological polar surface area (TPSA) is 74.3 Å². The van der Waals surface area contributed by atoms with Crippen molar-refractivity contribution in [3.63, 3.8) is 0 Å². The fraction of sp³-hybridized carbons (Fsp3) is 0.600. The van der Waals surface area contributed by atoms with E-state index in [2.05, 4.69) is 0 Å². The molecule has 0 radical (unpaired) electrons. The first-order chi connectivity index (χ1) is 4.68. The van der Waals surface area contributed by atoms with Crippen molar-refractivity contribution in [2.24, 2.45) is 0 Å². The lowest BCUT2D eigenvalue weighted by Gasteiger charge is -1.86. The van der Waals surface area contributed by atoms with E-state index in [4.69, 9.17) is 0 Å². The predicted octanol–water partition coefficient (Wildman–Crippen LogP) is -0.0151. The summed E-state index contributed by atoms with van der Waals surface area (Å²) in [7, 11) is -2.93. The summed E-state index contributed by atoms with van der Waals surface area (Å²) < 4.78 is 9.89. The van der Waals surface area contributed by atoms with Crippen molar-refractivity contribution in [3.05, 3.63) is 0 Å². The molecular formula is C5H7O4P. The van der Waals surface area contributed by atoms with Gasteiger partial charge in [-0.15, -0.1) is 0 Å². The van der Waals surface area contributed by atoms with Crippen molar-refractivity contribution in [1.82, 2.24) is 0 Å². The van der Waals surface area contributed by atoms with Crippen molar-refractivity contribution in [2.45, 2.75) is 19.3 Å². The van der Waals surface area contributed by atoms with Crippen LogP contribution in [0.15, 0.2) is 0 Å². The van der Waals surface area contributed by atoms with Crippen LogP contribution in [0.25, 0.3) is 0 Å². The van der Waals surface area contributed by atoms with E-state index in [9.17, 15) is 19.0 Å². The van der Waals surface area contributed by atoms with Crippen LogP contribution in [-0.4, -0.2) is 11.8 Å². The molecule has 1 unspecified atom stereocenters. The summed E-state index contributed by atoms with van der Waals surface area (Å²) >= 11 is 0. The molecule has 10 heavy (non-hydrogen) atoms. The fourth-order valence-electron chi connectivity index (χ4n) is 0.428. The molecule has 0 heterocycles. The number of carbonyl (C=O) groups is 2. The van der Waals surface area contributed by atoms with E-state index in [1.54, 1.807) is 0 Å². The highest BCUT2D eigenvalue weighted by Crippen LogP contribution is 2.13. The number of carbonyl (C=O) groups excluding carboxylic acids is 2. The molecule has 0 saturated carbocycles. The maximum absolute atomic E-state index is 10.3. The van der Waals surface area contributed by atoms with Crippen LogP contribution in [0, 0.1) is 0 Å². The van der Waals surface area contributed by atoms with Gasteiger partial charge in [0.1, 0.15) is 6.29 Å². The second-order valence-corrected chi connectivity index (χ2v) is 2.72. The van der Waals surface area contributed by atoms with Gasteiger partial charge in [-0.25, -0.2) is 4.79 Å². The molecule has 5 heteroatoms. The second-order valence-electron chi connectivity index (χ2n) is 1.71. The van der Waals surface area contributed by atoms with Gasteiger partial charge in [-0.05, 0) is 6.42 Å². The summed E-state index contributed by atoms with van der Waals surface area (Å²) in [5, 5.41) is 0. The molecule has 0 aliphatic heterocycles. The molecule has 0 amide bonds. The lowest BCUT2D eigenvalue weighted by molar-refractivity contribution is -0.169. The molecular weight excluding hydrogens is 155 g/mol. The predicted molar refractivity (Wildman–Crippen MR) is 32.5 cm³/mol. The number of rotatable bonds is 5. The summed E-state index contributed by atoms with van der Waals surface area (Å²) in [5.41, 5.74) is -0.795. The third-order valence-electron chi connectivity index (χ3n) is 0.916. The van der Waals surface area contributed by atoms with Gasteiger partial charge in [0.2, 0.25) is 0 Å². The van der Waals surface area contributed by atoms with Gasteiger partial charge < -0.3 is 9.69 Å². The Labute approximate surface area is 59.1 Å². The molecule has 0 fully saturated rings. The first kappa shape index (κ1) is 9.40. The van der Waals surface area contributed by atoms with E-state index in [1.807, 2.05) is 0 Å². The maximum Gasteiger partial charge on any atom is 0.387 e. The van der Waals surface area contributed by atoms with E-state index in [0.717, 1.165) is 0 Å². The average molecular weight is 162 g/mol. The summed E-state index contributed by atoms with van der Waals surface area (Å²) in [4.78, 5) is 29.9. The SMILES string of the molecule is O=CCCCC(=O)[P+](=O)[O-]. The van der Waals surface area contributed by atoms with E-state index >= 15 is 0 Å². The van der Waals surface area contributed by atoms with Gasteiger partial charge in [0.15, 0.2) is 0 Å². The highest BCUT2D eigenvalue weighted by atomic mass is 31.1. The summed E-state index contributed by atoms with van der Waals surface area (Å²) in [6, 6.07) is 0. The third-order valence-corrected chi connectivity index (χ3v) is 1.55. The molecule has 0 rings (SSSR count). The van der Waals surface area contributed by atoms with Crippen molar-refractivity contribution in [3.8, 4) is 0 Å². The standard InChI is InChI=1S/C5H7O4P/c6-4-2-1-3-5(7)10(8)9/h4H,1-3H2. The first-order valence-electron chi connectivity index (χ1n) is 2.79. The quantitative estimate of drug-likeness (QED) is 0.323. The zero-order chi connectivity index (χ0) is 7.98. The number of hydrogen-bond donors (Lipinski definition) is 0. The molecule has 1 atom stereocenters. The zero-order valence-electron chi connectivity index (χ0n) is 5.28. The van der Waals surface area contributed by atoms with E-state index in [-0.39, 0.29) is 12.8 Å². The maximum atomic E-state index is 10.3. The Hall–Kier alpha value is -0.600. The number of aldehydes is 1. The number of unbranched alkanes of at least 4 members (excludes halogenated alkanes) is 1. The fourth-order valence-corrected chi connectivity index (χ4v) is 0.769. The molecule has 0 aromatic heterocycles. The molecule has 0 aromatic rings. The van der Waals surface area contributed by atoms with Gasteiger partial charge in [0.25, 0.3) is 0 Å². The average Bonchev–Trinajstić information content (AvgIpc) is 1.88. The van der Waals surface area contributed by atoms with Gasteiger partial charge in [0.05, 0.1) is 6.42 Å². The molecule has 0 saturated heterocycles. The van der Waals surface area contributed by atoms with Gasteiger partial charge >= 0.3 is 13.6 Å². The molecule has 0 N–H and O–H groups in total. The molecule has 0 aromatic carbocycles. The highest BCUT2D eigenvalue weighted by Gasteiger charge is 2.14. The zero-order valence-corrected chi connectivity index (χ0v) is 6.17. The van der Waals surface area contributed by atoms with Crippen LogP contribution in [0.4, 0.5) is 0 Å².